The van der Waals surface area contributed by atoms with Crippen LogP contribution >= 0.6 is 11.6 Å². The molecule has 72 valence electrons. The summed E-state index contributed by atoms with van der Waals surface area (Å²) in [6, 6.07) is 7.48. The van der Waals surface area contributed by atoms with Crippen molar-refractivity contribution in [2.45, 2.75) is 6.92 Å². The molecule has 0 saturated carbocycles. The van der Waals surface area contributed by atoms with Crippen LogP contribution in [0.15, 0.2) is 30.5 Å². The molecule has 0 unspecified atom stereocenters. The van der Waals surface area contributed by atoms with Gasteiger partial charge in [-0.25, -0.2) is 0 Å². The smallest absolute Gasteiger partial charge is 0.145 e. The SMILES string of the molecule is CCOc1ccc(Cl)c2cccnc12. The average molecular weight is 208 g/mol. The molecule has 0 aliphatic rings. The molecular weight excluding hydrogens is 198 g/mol. The van der Waals surface area contributed by atoms with Crippen LogP contribution in [0.2, 0.25) is 5.02 Å². The summed E-state index contributed by atoms with van der Waals surface area (Å²) in [4.78, 5) is 4.25. The normalized spacial score (nSPS) is 10.4. The highest BCUT2D eigenvalue weighted by Gasteiger charge is 2.05. The highest BCUT2D eigenvalue weighted by atomic mass is 35.5. The molecule has 14 heavy (non-hydrogen) atoms. The fraction of sp³-hybridized carbons (Fsp3) is 0.182. The highest BCUT2D eigenvalue weighted by molar-refractivity contribution is 6.35. The Balaban J connectivity index is 2.68. The second kappa shape index (κ2) is 3.84. The summed E-state index contributed by atoms with van der Waals surface area (Å²) >= 11 is 6.03. The molecule has 0 spiro atoms. The maximum atomic E-state index is 6.03. The molecule has 0 amide bonds. The summed E-state index contributed by atoms with van der Waals surface area (Å²) in [7, 11) is 0. The van der Waals surface area contributed by atoms with Gasteiger partial charge in [-0.2, -0.15) is 0 Å². The van der Waals surface area contributed by atoms with Crippen molar-refractivity contribution in [1.29, 1.82) is 0 Å². The Morgan fingerprint density at radius 2 is 2.21 bits per heavy atom. The van der Waals surface area contributed by atoms with Gasteiger partial charge in [0.2, 0.25) is 0 Å². The summed E-state index contributed by atoms with van der Waals surface area (Å²) < 4.78 is 5.45. The van der Waals surface area contributed by atoms with Gasteiger partial charge in [0.25, 0.3) is 0 Å². The van der Waals surface area contributed by atoms with Crippen LogP contribution in [0, 0.1) is 0 Å². The van der Waals surface area contributed by atoms with E-state index in [1.54, 1.807) is 6.20 Å². The number of nitrogens with zero attached hydrogens (tertiary/aromatic N) is 1. The minimum Gasteiger partial charge on any atom is -0.492 e. The van der Waals surface area contributed by atoms with Crippen molar-refractivity contribution in [2.24, 2.45) is 0 Å². The molecule has 0 radical (unpaired) electrons. The molecular formula is C11H10ClNO. The van der Waals surface area contributed by atoms with Crippen molar-refractivity contribution in [3.05, 3.63) is 35.5 Å². The van der Waals surface area contributed by atoms with Gasteiger partial charge < -0.3 is 4.74 Å². The van der Waals surface area contributed by atoms with Crippen molar-refractivity contribution in [3.8, 4) is 5.75 Å². The van der Waals surface area contributed by atoms with Crippen LogP contribution in [-0.4, -0.2) is 11.6 Å². The Hall–Kier alpha value is -1.28. The third-order valence-electron chi connectivity index (χ3n) is 1.98. The number of fused-ring (bicyclic) bond motifs is 1. The monoisotopic (exact) mass is 207 g/mol. The van der Waals surface area contributed by atoms with E-state index < -0.39 is 0 Å². The van der Waals surface area contributed by atoms with Gasteiger partial charge in [-0.1, -0.05) is 11.6 Å². The number of benzene rings is 1. The number of hydrogen-bond acceptors (Lipinski definition) is 2. The minimum absolute atomic E-state index is 0.632. The van der Waals surface area contributed by atoms with Gasteiger partial charge in [0.05, 0.1) is 11.6 Å². The molecule has 0 aliphatic carbocycles. The second-order valence-corrected chi connectivity index (χ2v) is 3.29. The van der Waals surface area contributed by atoms with Gasteiger partial charge >= 0.3 is 0 Å². The third-order valence-corrected chi connectivity index (χ3v) is 2.31. The quantitative estimate of drug-likeness (QED) is 0.754. The zero-order valence-corrected chi connectivity index (χ0v) is 8.58. The summed E-state index contributed by atoms with van der Waals surface area (Å²) in [5, 5.41) is 1.64. The molecule has 1 aromatic heterocycles. The first-order valence-electron chi connectivity index (χ1n) is 4.49. The molecule has 2 rings (SSSR count). The predicted octanol–water partition coefficient (Wildman–Crippen LogP) is 3.29. The van der Waals surface area contributed by atoms with Crippen LogP contribution in [0.1, 0.15) is 6.92 Å². The second-order valence-electron chi connectivity index (χ2n) is 2.88. The van der Waals surface area contributed by atoms with E-state index in [1.165, 1.54) is 0 Å². The lowest BCUT2D eigenvalue weighted by molar-refractivity contribution is 0.343. The Bertz CT molecular complexity index is 456. The average Bonchev–Trinajstić information content (AvgIpc) is 2.23. The van der Waals surface area contributed by atoms with Crippen molar-refractivity contribution in [3.63, 3.8) is 0 Å². The molecule has 3 heteroatoms. The van der Waals surface area contributed by atoms with Crippen LogP contribution < -0.4 is 4.74 Å². The highest BCUT2D eigenvalue weighted by Crippen LogP contribution is 2.29. The van der Waals surface area contributed by atoms with Gasteiger partial charge in [-0.15, -0.1) is 0 Å². The van der Waals surface area contributed by atoms with Gasteiger partial charge in [0, 0.05) is 11.6 Å². The van der Waals surface area contributed by atoms with Crippen LogP contribution in [0.4, 0.5) is 0 Å². The van der Waals surface area contributed by atoms with Crippen molar-refractivity contribution in [1.82, 2.24) is 4.98 Å². The van der Waals surface area contributed by atoms with E-state index in [4.69, 9.17) is 16.3 Å². The molecule has 0 N–H and O–H groups in total. The topological polar surface area (TPSA) is 22.1 Å². The largest absolute Gasteiger partial charge is 0.492 e. The first-order valence-corrected chi connectivity index (χ1v) is 4.86. The zero-order chi connectivity index (χ0) is 9.97. The summed E-state index contributed by atoms with van der Waals surface area (Å²) in [6.07, 6.45) is 1.74. The molecule has 0 bridgehead atoms. The van der Waals surface area contributed by atoms with Crippen LogP contribution in [0.5, 0.6) is 5.75 Å². The Labute approximate surface area is 87.5 Å². The van der Waals surface area contributed by atoms with E-state index in [1.807, 2.05) is 31.2 Å². The van der Waals surface area contributed by atoms with E-state index in [9.17, 15) is 0 Å². The minimum atomic E-state index is 0.632. The molecule has 0 fully saturated rings. The molecule has 2 nitrogen and oxygen atoms in total. The Morgan fingerprint density at radius 1 is 1.36 bits per heavy atom. The number of halogens is 1. The molecule has 0 saturated heterocycles. The van der Waals surface area contributed by atoms with E-state index in [0.717, 1.165) is 16.7 Å². The van der Waals surface area contributed by atoms with Gasteiger partial charge in [0.1, 0.15) is 11.3 Å². The summed E-state index contributed by atoms with van der Waals surface area (Å²) in [5.74, 6) is 0.785. The first-order chi connectivity index (χ1) is 6.83. The lowest BCUT2D eigenvalue weighted by Crippen LogP contribution is -1.93. The lowest BCUT2D eigenvalue weighted by Gasteiger charge is -2.06. The molecule has 2 aromatic rings. The maximum Gasteiger partial charge on any atom is 0.145 e. The van der Waals surface area contributed by atoms with E-state index in [-0.39, 0.29) is 0 Å². The molecule has 1 heterocycles. The lowest BCUT2D eigenvalue weighted by atomic mass is 10.2. The fourth-order valence-electron chi connectivity index (χ4n) is 1.38. The fourth-order valence-corrected chi connectivity index (χ4v) is 1.60. The van der Waals surface area contributed by atoms with Crippen LogP contribution in [0.25, 0.3) is 10.9 Å². The third kappa shape index (κ3) is 1.53. The van der Waals surface area contributed by atoms with Crippen molar-refractivity contribution < 1.29 is 4.74 Å². The molecule has 0 aliphatic heterocycles. The number of aromatic nitrogens is 1. The Kier molecular flexibility index (Phi) is 2.55. The summed E-state index contributed by atoms with van der Waals surface area (Å²) in [6.45, 7) is 2.58. The summed E-state index contributed by atoms with van der Waals surface area (Å²) in [5.41, 5.74) is 0.821. The van der Waals surface area contributed by atoms with Gasteiger partial charge in [-0.3, -0.25) is 4.98 Å². The van der Waals surface area contributed by atoms with Crippen molar-refractivity contribution in [2.75, 3.05) is 6.61 Å². The van der Waals surface area contributed by atoms with Crippen molar-refractivity contribution >= 4 is 22.5 Å². The zero-order valence-electron chi connectivity index (χ0n) is 7.83. The standard InChI is InChI=1S/C11H10ClNO/c1-2-14-10-6-5-9(12)8-4-3-7-13-11(8)10/h3-7H,2H2,1H3. The number of ether oxygens (including phenoxy) is 1. The van der Waals surface area contributed by atoms with E-state index >= 15 is 0 Å². The van der Waals surface area contributed by atoms with E-state index in [2.05, 4.69) is 4.98 Å². The first kappa shape index (κ1) is 9.28. The van der Waals surface area contributed by atoms with Crippen LogP contribution in [-0.2, 0) is 0 Å². The Morgan fingerprint density at radius 3 is 3.00 bits per heavy atom. The van der Waals surface area contributed by atoms with Gasteiger partial charge in [-0.05, 0) is 31.2 Å². The number of pyridine rings is 1. The van der Waals surface area contributed by atoms with E-state index in [0.29, 0.717) is 11.6 Å². The van der Waals surface area contributed by atoms with Crippen LogP contribution in [0.3, 0.4) is 0 Å². The predicted molar refractivity (Wildman–Crippen MR) is 57.9 cm³/mol. The van der Waals surface area contributed by atoms with Gasteiger partial charge in [0.15, 0.2) is 0 Å². The maximum absolute atomic E-state index is 6.03. The number of rotatable bonds is 2. The molecule has 0 atom stereocenters. The number of hydrogen-bond donors (Lipinski definition) is 0. The molecule has 1 aromatic carbocycles.